The van der Waals surface area contributed by atoms with Crippen LogP contribution < -0.4 is 5.32 Å². The average molecular weight is 318 g/mol. The zero-order chi connectivity index (χ0) is 16.8. The highest BCUT2D eigenvalue weighted by molar-refractivity contribution is 5.97. The molecule has 1 aromatic carbocycles. The molecule has 1 aliphatic rings. The first-order chi connectivity index (χ1) is 11.0. The van der Waals surface area contributed by atoms with Crippen molar-refractivity contribution in [1.29, 1.82) is 0 Å². The number of aliphatic hydroxyl groups is 1. The minimum Gasteiger partial charge on any atom is -0.392 e. The van der Waals surface area contributed by atoms with Gasteiger partial charge in [-0.2, -0.15) is 0 Å². The van der Waals surface area contributed by atoms with E-state index in [1.807, 2.05) is 6.92 Å². The molecule has 1 aromatic rings. The average Bonchev–Trinajstić information content (AvgIpc) is 2.54. The molecule has 2 rings (SSSR count). The molecule has 2 N–H and O–H groups in total. The van der Waals surface area contributed by atoms with Crippen LogP contribution in [0, 0.1) is 0 Å². The van der Waals surface area contributed by atoms with Crippen molar-refractivity contribution in [1.82, 2.24) is 4.90 Å². The number of carbonyl (C=O) groups excluding carboxylic acids is 2. The number of piperidine rings is 1. The van der Waals surface area contributed by atoms with Crippen molar-refractivity contribution in [2.45, 2.75) is 51.7 Å². The van der Waals surface area contributed by atoms with Crippen LogP contribution in [-0.2, 0) is 4.79 Å². The van der Waals surface area contributed by atoms with Gasteiger partial charge in [0.15, 0.2) is 5.78 Å². The van der Waals surface area contributed by atoms with Gasteiger partial charge in [0.05, 0.1) is 12.6 Å². The van der Waals surface area contributed by atoms with E-state index in [2.05, 4.69) is 10.2 Å². The number of anilines is 1. The summed E-state index contributed by atoms with van der Waals surface area (Å²) in [4.78, 5) is 25.8. The van der Waals surface area contributed by atoms with E-state index in [0.717, 1.165) is 25.8 Å². The summed E-state index contributed by atoms with van der Waals surface area (Å²) in [6, 6.07) is 7.02. The van der Waals surface area contributed by atoms with Crippen LogP contribution >= 0.6 is 0 Å². The van der Waals surface area contributed by atoms with Gasteiger partial charge in [-0.05, 0) is 44.9 Å². The summed E-state index contributed by atoms with van der Waals surface area (Å²) in [6.07, 6.45) is 3.40. The van der Waals surface area contributed by atoms with Crippen molar-refractivity contribution in [2.24, 2.45) is 0 Å². The molecule has 0 radical (unpaired) electrons. The molecule has 0 saturated carbocycles. The predicted molar refractivity (Wildman–Crippen MR) is 90.6 cm³/mol. The van der Waals surface area contributed by atoms with Crippen LogP contribution in [0.4, 0.5) is 5.69 Å². The molecule has 1 heterocycles. The highest BCUT2D eigenvalue weighted by Crippen LogP contribution is 2.21. The van der Waals surface area contributed by atoms with E-state index in [1.165, 1.54) is 6.92 Å². The van der Waals surface area contributed by atoms with Gasteiger partial charge in [-0.1, -0.05) is 25.5 Å². The van der Waals surface area contributed by atoms with Crippen LogP contribution in [0.25, 0.3) is 0 Å². The van der Waals surface area contributed by atoms with Gasteiger partial charge < -0.3 is 10.4 Å². The fourth-order valence-electron chi connectivity index (χ4n) is 3.12. The number of Topliss-reactive ketones (excluding diaryl/α,β-unsaturated/α-hetero) is 1. The second kappa shape index (κ2) is 8.22. The number of rotatable bonds is 6. The van der Waals surface area contributed by atoms with Crippen molar-refractivity contribution in [2.75, 3.05) is 18.4 Å². The van der Waals surface area contributed by atoms with Crippen LogP contribution in [-0.4, -0.2) is 46.9 Å². The Kier molecular flexibility index (Phi) is 6.30. The van der Waals surface area contributed by atoms with E-state index in [4.69, 9.17) is 0 Å². The van der Waals surface area contributed by atoms with E-state index in [1.54, 1.807) is 24.3 Å². The molecular formula is C18H26N2O3. The summed E-state index contributed by atoms with van der Waals surface area (Å²) in [5.41, 5.74) is 1.22. The van der Waals surface area contributed by atoms with Crippen LogP contribution in [0.5, 0.6) is 0 Å². The standard InChI is InChI=1S/C18H26N2O3/c1-3-17(22)16-9-4-5-10-20(16)12-18(23)19-15-8-6-7-14(11-15)13(2)21/h6-8,11,16-17,22H,3-5,9-10,12H2,1-2H3,(H,19,23). The fourth-order valence-corrected chi connectivity index (χ4v) is 3.12. The third-order valence-electron chi connectivity index (χ3n) is 4.43. The van der Waals surface area contributed by atoms with Gasteiger partial charge in [0.25, 0.3) is 0 Å². The molecule has 5 heteroatoms. The molecular weight excluding hydrogens is 292 g/mol. The number of likely N-dealkylation sites (tertiary alicyclic amines) is 1. The second-order valence-corrected chi connectivity index (χ2v) is 6.19. The lowest BCUT2D eigenvalue weighted by Crippen LogP contribution is -2.49. The molecule has 0 bridgehead atoms. The Balaban J connectivity index is 1.98. The second-order valence-electron chi connectivity index (χ2n) is 6.19. The van der Waals surface area contributed by atoms with Gasteiger partial charge in [-0.15, -0.1) is 0 Å². The van der Waals surface area contributed by atoms with Crippen molar-refractivity contribution in [3.8, 4) is 0 Å². The molecule has 23 heavy (non-hydrogen) atoms. The fraction of sp³-hybridized carbons (Fsp3) is 0.556. The molecule has 126 valence electrons. The van der Waals surface area contributed by atoms with Gasteiger partial charge in [0, 0.05) is 17.3 Å². The number of ketones is 1. The lowest BCUT2D eigenvalue weighted by Gasteiger charge is -2.37. The minimum absolute atomic E-state index is 0.0248. The lowest BCUT2D eigenvalue weighted by atomic mass is 9.96. The summed E-state index contributed by atoms with van der Waals surface area (Å²) in [5.74, 6) is -0.135. The van der Waals surface area contributed by atoms with Gasteiger partial charge in [-0.3, -0.25) is 14.5 Å². The molecule has 2 unspecified atom stereocenters. The van der Waals surface area contributed by atoms with E-state index in [0.29, 0.717) is 17.7 Å². The Hall–Kier alpha value is -1.72. The summed E-state index contributed by atoms with van der Waals surface area (Å²) in [7, 11) is 0. The maximum atomic E-state index is 12.3. The van der Waals surface area contributed by atoms with Crippen molar-refractivity contribution >= 4 is 17.4 Å². The predicted octanol–water partition coefficient (Wildman–Crippen LogP) is 2.45. The largest absolute Gasteiger partial charge is 0.392 e. The Morgan fingerprint density at radius 1 is 1.39 bits per heavy atom. The highest BCUT2D eigenvalue weighted by atomic mass is 16.3. The monoisotopic (exact) mass is 318 g/mol. The van der Waals surface area contributed by atoms with Crippen LogP contribution in [0.15, 0.2) is 24.3 Å². The number of hydrogen-bond acceptors (Lipinski definition) is 4. The van der Waals surface area contributed by atoms with Crippen LogP contribution in [0.1, 0.15) is 49.9 Å². The van der Waals surface area contributed by atoms with Crippen molar-refractivity contribution in [3.63, 3.8) is 0 Å². The first-order valence-corrected chi connectivity index (χ1v) is 8.34. The Labute approximate surface area is 137 Å². The third kappa shape index (κ3) is 4.88. The molecule has 1 aliphatic heterocycles. The maximum Gasteiger partial charge on any atom is 0.238 e. The van der Waals surface area contributed by atoms with E-state index >= 15 is 0 Å². The number of benzene rings is 1. The lowest BCUT2D eigenvalue weighted by molar-refractivity contribution is -0.119. The molecule has 0 aliphatic carbocycles. The van der Waals surface area contributed by atoms with Gasteiger partial charge in [0.2, 0.25) is 5.91 Å². The van der Waals surface area contributed by atoms with E-state index < -0.39 is 0 Å². The Morgan fingerprint density at radius 2 is 2.17 bits per heavy atom. The summed E-state index contributed by atoms with van der Waals surface area (Å²) >= 11 is 0. The van der Waals surface area contributed by atoms with Gasteiger partial charge in [-0.25, -0.2) is 0 Å². The van der Waals surface area contributed by atoms with E-state index in [-0.39, 0.29) is 30.4 Å². The number of hydrogen-bond donors (Lipinski definition) is 2. The molecule has 0 spiro atoms. The minimum atomic E-state index is -0.385. The van der Waals surface area contributed by atoms with Gasteiger partial charge >= 0.3 is 0 Å². The zero-order valence-corrected chi connectivity index (χ0v) is 13.9. The molecule has 5 nitrogen and oxygen atoms in total. The van der Waals surface area contributed by atoms with E-state index in [9.17, 15) is 14.7 Å². The van der Waals surface area contributed by atoms with Crippen molar-refractivity contribution < 1.29 is 14.7 Å². The first-order valence-electron chi connectivity index (χ1n) is 8.34. The SMILES string of the molecule is CCC(O)C1CCCCN1CC(=O)Nc1cccc(C(C)=O)c1. The summed E-state index contributed by atoms with van der Waals surface area (Å²) < 4.78 is 0. The highest BCUT2D eigenvalue weighted by Gasteiger charge is 2.28. The van der Waals surface area contributed by atoms with Crippen LogP contribution in [0.3, 0.4) is 0 Å². The van der Waals surface area contributed by atoms with Crippen molar-refractivity contribution in [3.05, 3.63) is 29.8 Å². The number of amides is 1. The summed E-state index contributed by atoms with van der Waals surface area (Å²) in [6.45, 7) is 4.57. The molecule has 1 saturated heterocycles. The number of nitrogens with one attached hydrogen (secondary N) is 1. The van der Waals surface area contributed by atoms with Crippen LogP contribution in [0.2, 0.25) is 0 Å². The molecule has 0 aromatic heterocycles. The topological polar surface area (TPSA) is 69.6 Å². The molecule has 2 atom stereocenters. The van der Waals surface area contributed by atoms with Gasteiger partial charge in [0.1, 0.15) is 0 Å². The third-order valence-corrected chi connectivity index (χ3v) is 4.43. The summed E-state index contributed by atoms with van der Waals surface area (Å²) in [5, 5.41) is 13.0. The molecule has 1 fully saturated rings. The maximum absolute atomic E-state index is 12.3. The first kappa shape index (κ1) is 17.6. The number of nitrogens with zero attached hydrogens (tertiary/aromatic N) is 1. The molecule has 1 amide bonds. The normalized spacial score (nSPS) is 20.0. The zero-order valence-electron chi connectivity index (χ0n) is 13.9. The smallest absolute Gasteiger partial charge is 0.238 e. The quantitative estimate of drug-likeness (QED) is 0.791. The Bertz CT molecular complexity index is 559. The number of carbonyl (C=O) groups is 2. The Morgan fingerprint density at radius 3 is 2.87 bits per heavy atom. The number of aliphatic hydroxyl groups excluding tert-OH is 1.